The maximum Gasteiger partial charge on any atom is 0.340 e. The van der Waals surface area contributed by atoms with Crippen LogP contribution in [0, 0.1) is 5.92 Å². The van der Waals surface area contributed by atoms with Crippen molar-refractivity contribution < 1.29 is 9.53 Å². The normalized spacial score (nSPS) is 16.8. The molecule has 0 saturated heterocycles. The van der Waals surface area contributed by atoms with Gasteiger partial charge in [-0.2, -0.15) is 0 Å². The van der Waals surface area contributed by atoms with E-state index in [1.54, 1.807) is 0 Å². The molecule has 3 heteroatoms. The van der Waals surface area contributed by atoms with Gasteiger partial charge in [-0.15, -0.1) is 0 Å². The number of aryl methyl sites for hydroxylation is 1. The number of rotatable bonds is 3. The number of benzene rings is 1. The lowest BCUT2D eigenvalue weighted by Gasteiger charge is -2.27. The molecule has 1 aliphatic rings. The van der Waals surface area contributed by atoms with E-state index >= 15 is 0 Å². The van der Waals surface area contributed by atoms with Crippen LogP contribution in [0.2, 0.25) is 0 Å². The van der Waals surface area contributed by atoms with Crippen LogP contribution < -0.4 is 0 Å². The van der Waals surface area contributed by atoms with Gasteiger partial charge in [0.05, 0.1) is 18.4 Å². The molecule has 3 nitrogen and oxygen atoms in total. The van der Waals surface area contributed by atoms with E-state index in [2.05, 4.69) is 32.9 Å². The molecule has 0 saturated carbocycles. The number of carbonyl (C=O) groups excluding carboxylic acids is 1. The number of pyridine rings is 1. The largest absolute Gasteiger partial charge is 0.465 e. The van der Waals surface area contributed by atoms with Gasteiger partial charge < -0.3 is 4.74 Å². The van der Waals surface area contributed by atoms with Crippen LogP contribution in [0.4, 0.5) is 0 Å². The third-order valence-electron chi connectivity index (χ3n) is 4.84. The Bertz CT molecular complexity index is 750. The number of hydrogen-bond acceptors (Lipinski definition) is 3. The number of fused-ring (bicyclic) bond motifs is 1. The molecule has 1 aromatic heterocycles. The lowest BCUT2D eigenvalue weighted by Crippen LogP contribution is -2.20. The van der Waals surface area contributed by atoms with Gasteiger partial charge in [0.1, 0.15) is 0 Å². The predicted octanol–water partition coefficient (Wildman–Crippen LogP) is 4.78. The van der Waals surface area contributed by atoms with E-state index < -0.39 is 0 Å². The molecule has 3 rings (SSSR count). The summed E-state index contributed by atoms with van der Waals surface area (Å²) in [7, 11) is 1.45. The summed E-state index contributed by atoms with van der Waals surface area (Å²) in [4.78, 5) is 17.5. The van der Waals surface area contributed by atoms with Crippen LogP contribution in [0.5, 0.6) is 0 Å². The molecular weight excluding hydrogens is 298 g/mol. The zero-order valence-corrected chi connectivity index (χ0v) is 14.9. The van der Waals surface area contributed by atoms with E-state index in [9.17, 15) is 4.79 Å². The van der Waals surface area contributed by atoms with Crippen LogP contribution in [0.25, 0.3) is 11.1 Å². The van der Waals surface area contributed by atoms with Crippen LogP contribution in [0.15, 0.2) is 30.3 Å². The van der Waals surface area contributed by atoms with Crippen molar-refractivity contribution in [3.05, 3.63) is 52.8 Å². The Morgan fingerprint density at radius 2 is 1.96 bits per heavy atom. The van der Waals surface area contributed by atoms with Gasteiger partial charge in [0.2, 0.25) is 0 Å². The zero-order valence-electron chi connectivity index (χ0n) is 14.9. The molecular formula is C21H25NO2. The van der Waals surface area contributed by atoms with Crippen LogP contribution in [-0.2, 0) is 17.6 Å². The number of methoxy groups -OCH3 is 1. The molecule has 0 amide bonds. The van der Waals surface area contributed by atoms with Gasteiger partial charge in [-0.1, -0.05) is 51.1 Å². The van der Waals surface area contributed by atoms with Crippen molar-refractivity contribution in [2.75, 3.05) is 7.11 Å². The van der Waals surface area contributed by atoms with E-state index in [0.717, 1.165) is 41.8 Å². The molecule has 1 aromatic carbocycles. The lowest BCUT2D eigenvalue weighted by atomic mass is 9.80. The minimum atomic E-state index is -0.286. The van der Waals surface area contributed by atoms with E-state index in [-0.39, 0.29) is 11.9 Å². The molecule has 1 atom stereocenters. The van der Waals surface area contributed by atoms with Crippen LogP contribution in [0.1, 0.15) is 60.4 Å². The van der Waals surface area contributed by atoms with Gasteiger partial charge in [0.25, 0.3) is 0 Å². The minimum absolute atomic E-state index is 0.172. The Labute approximate surface area is 144 Å². The molecule has 1 unspecified atom stereocenters. The van der Waals surface area contributed by atoms with Crippen molar-refractivity contribution in [2.24, 2.45) is 5.92 Å². The van der Waals surface area contributed by atoms with Crippen molar-refractivity contribution in [3.8, 4) is 11.1 Å². The van der Waals surface area contributed by atoms with Crippen LogP contribution in [0.3, 0.4) is 0 Å². The SMILES string of the molecule is COC(=O)c1c(C(C)C)nc2c(c1-c1ccccc1)CC(C)CC2. The molecule has 1 heterocycles. The van der Waals surface area contributed by atoms with Crippen molar-refractivity contribution in [3.63, 3.8) is 0 Å². The number of carbonyl (C=O) groups is 1. The Hall–Kier alpha value is -2.16. The zero-order chi connectivity index (χ0) is 17.3. The molecule has 1 aliphatic carbocycles. The summed E-state index contributed by atoms with van der Waals surface area (Å²) in [5.41, 5.74) is 5.99. The lowest BCUT2D eigenvalue weighted by molar-refractivity contribution is 0.0599. The van der Waals surface area contributed by atoms with Crippen molar-refractivity contribution in [2.45, 2.75) is 46.0 Å². The quantitative estimate of drug-likeness (QED) is 0.763. The minimum Gasteiger partial charge on any atom is -0.465 e. The first-order chi connectivity index (χ1) is 11.5. The van der Waals surface area contributed by atoms with Crippen molar-refractivity contribution >= 4 is 5.97 Å². The number of aromatic nitrogens is 1. The number of esters is 1. The first-order valence-electron chi connectivity index (χ1n) is 8.72. The second-order valence-electron chi connectivity index (χ2n) is 7.03. The highest BCUT2D eigenvalue weighted by Crippen LogP contribution is 2.38. The van der Waals surface area contributed by atoms with Gasteiger partial charge in [0.15, 0.2) is 0 Å². The fourth-order valence-corrected chi connectivity index (χ4v) is 3.60. The monoisotopic (exact) mass is 323 g/mol. The van der Waals surface area contributed by atoms with E-state index in [4.69, 9.17) is 9.72 Å². The summed E-state index contributed by atoms with van der Waals surface area (Å²) in [6.07, 6.45) is 3.11. The summed E-state index contributed by atoms with van der Waals surface area (Å²) < 4.78 is 5.13. The smallest absolute Gasteiger partial charge is 0.340 e. The summed E-state index contributed by atoms with van der Waals surface area (Å²) in [6, 6.07) is 10.2. The predicted molar refractivity (Wildman–Crippen MR) is 96.3 cm³/mol. The third-order valence-corrected chi connectivity index (χ3v) is 4.84. The van der Waals surface area contributed by atoms with Gasteiger partial charge in [0, 0.05) is 11.3 Å². The molecule has 0 bridgehead atoms. The van der Waals surface area contributed by atoms with Gasteiger partial charge in [-0.3, -0.25) is 4.98 Å². The molecule has 2 aromatic rings. The Morgan fingerprint density at radius 1 is 1.25 bits per heavy atom. The number of ether oxygens (including phenoxy) is 1. The Kier molecular flexibility index (Phi) is 4.70. The highest BCUT2D eigenvalue weighted by Gasteiger charge is 2.29. The molecule has 0 radical (unpaired) electrons. The first kappa shape index (κ1) is 16.7. The summed E-state index contributed by atoms with van der Waals surface area (Å²) in [6.45, 7) is 6.44. The fraction of sp³-hybridized carbons (Fsp3) is 0.429. The average molecular weight is 323 g/mol. The third kappa shape index (κ3) is 2.95. The van der Waals surface area contributed by atoms with Gasteiger partial charge >= 0.3 is 5.97 Å². The highest BCUT2D eigenvalue weighted by atomic mass is 16.5. The van der Waals surface area contributed by atoms with Crippen molar-refractivity contribution in [1.29, 1.82) is 0 Å². The molecule has 0 aliphatic heterocycles. The van der Waals surface area contributed by atoms with Gasteiger partial charge in [-0.05, 0) is 42.2 Å². The second kappa shape index (κ2) is 6.76. The Morgan fingerprint density at radius 3 is 2.58 bits per heavy atom. The summed E-state index contributed by atoms with van der Waals surface area (Å²) in [5.74, 6) is 0.495. The second-order valence-corrected chi connectivity index (χ2v) is 7.03. The van der Waals surface area contributed by atoms with E-state index in [0.29, 0.717) is 11.5 Å². The van der Waals surface area contributed by atoms with E-state index in [1.165, 1.54) is 12.7 Å². The van der Waals surface area contributed by atoms with Crippen LogP contribution >= 0.6 is 0 Å². The van der Waals surface area contributed by atoms with E-state index in [1.807, 2.05) is 18.2 Å². The maximum atomic E-state index is 12.6. The maximum absolute atomic E-state index is 12.6. The molecule has 0 spiro atoms. The fourth-order valence-electron chi connectivity index (χ4n) is 3.60. The molecule has 0 N–H and O–H groups in total. The first-order valence-corrected chi connectivity index (χ1v) is 8.72. The molecule has 126 valence electrons. The van der Waals surface area contributed by atoms with Gasteiger partial charge in [-0.25, -0.2) is 4.79 Å². The van der Waals surface area contributed by atoms with Crippen LogP contribution in [-0.4, -0.2) is 18.1 Å². The molecule has 24 heavy (non-hydrogen) atoms. The Balaban J connectivity index is 2.36. The summed E-state index contributed by atoms with van der Waals surface area (Å²) in [5, 5.41) is 0. The number of hydrogen-bond donors (Lipinski definition) is 0. The average Bonchev–Trinajstić information content (AvgIpc) is 2.60. The molecule has 0 fully saturated rings. The summed E-state index contributed by atoms with van der Waals surface area (Å²) >= 11 is 0. The highest BCUT2D eigenvalue weighted by molar-refractivity contribution is 5.99. The number of nitrogens with zero attached hydrogens (tertiary/aromatic N) is 1. The van der Waals surface area contributed by atoms with Crippen molar-refractivity contribution in [1.82, 2.24) is 4.98 Å². The standard InChI is InChI=1S/C21H25NO2/c1-13(2)20-19(21(23)24-4)18(15-8-6-5-7-9-15)16-12-14(3)10-11-17(16)22-20/h5-9,13-14H,10-12H2,1-4H3. The topological polar surface area (TPSA) is 39.2 Å².